The van der Waals surface area contributed by atoms with Gasteiger partial charge in [-0.05, 0) is 48.5 Å². The number of aliphatic hydroxyl groups excluding tert-OH is 1. The summed E-state index contributed by atoms with van der Waals surface area (Å²) in [4.78, 5) is 0. The van der Waals surface area contributed by atoms with Crippen molar-refractivity contribution in [1.82, 2.24) is 0 Å². The minimum atomic E-state index is -8.62. The summed E-state index contributed by atoms with van der Waals surface area (Å²) in [6.45, 7) is 2.15. The third-order valence-electron chi connectivity index (χ3n) is 8.15. The Hall–Kier alpha value is -1.86. The smallest absolute Gasteiger partial charge is 0.460 e. The van der Waals surface area contributed by atoms with Crippen molar-refractivity contribution >= 4 is 11.8 Å². The van der Waals surface area contributed by atoms with Gasteiger partial charge in [0.25, 0.3) is 0 Å². The number of rotatable bonds is 26. The molecular weight excluding hydrogens is 771 g/mol. The summed E-state index contributed by atoms with van der Waals surface area (Å²) in [7, 11) is 0. The number of aryl methyl sites for hydroxylation is 1. The van der Waals surface area contributed by atoms with Gasteiger partial charge in [-0.2, -0.15) is 86.4 Å². The van der Waals surface area contributed by atoms with Gasteiger partial charge >= 0.3 is 47.6 Å². The molecule has 2 nitrogen and oxygen atoms in total. The number of hydrogen-bond acceptors (Lipinski definition) is 3. The second-order valence-corrected chi connectivity index (χ2v) is 13.5. The van der Waals surface area contributed by atoms with Gasteiger partial charge in [-0.3, -0.25) is 0 Å². The first kappa shape index (κ1) is 48.2. The maximum absolute atomic E-state index is 14.1. The summed E-state index contributed by atoms with van der Waals surface area (Å²) in [5, 5.41) is 9.69. The van der Waals surface area contributed by atoms with Crippen LogP contribution in [0.3, 0.4) is 0 Å². The summed E-state index contributed by atoms with van der Waals surface area (Å²) < 4.78 is 234. The zero-order chi connectivity index (χ0) is 40.3. The van der Waals surface area contributed by atoms with Crippen LogP contribution in [0.1, 0.15) is 95.1 Å². The van der Waals surface area contributed by atoms with Gasteiger partial charge in [-0.1, -0.05) is 70.8 Å². The number of ether oxygens (including phenoxy) is 1. The molecule has 0 radical (unpaired) electrons. The Kier molecular flexibility index (Phi) is 17.7. The van der Waals surface area contributed by atoms with Gasteiger partial charge in [0.1, 0.15) is 5.75 Å². The number of halogens is 17. The van der Waals surface area contributed by atoms with Crippen molar-refractivity contribution in [1.29, 1.82) is 0 Å². The second-order valence-electron chi connectivity index (χ2n) is 12.2. The van der Waals surface area contributed by atoms with Crippen molar-refractivity contribution in [2.24, 2.45) is 0 Å². The Bertz CT molecular complexity index is 1210. The molecule has 0 spiro atoms. The van der Waals surface area contributed by atoms with E-state index in [9.17, 15) is 79.7 Å². The Labute approximate surface area is 294 Å². The van der Waals surface area contributed by atoms with E-state index >= 15 is 0 Å². The van der Waals surface area contributed by atoms with Crippen LogP contribution in [0.25, 0.3) is 0 Å². The first-order valence-electron chi connectivity index (χ1n) is 16.4. The number of hydrogen-bond donors (Lipinski definition) is 1. The van der Waals surface area contributed by atoms with E-state index in [1.165, 1.54) is 38.5 Å². The third-order valence-corrected chi connectivity index (χ3v) is 9.22. The Morgan fingerprint density at radius 1 is 0.558 bits per heavy atom. The molecule has 1 rings (SSSR count). The van der Waals surface area contributed by atoms with Gasteiger partial charge in [0.05, 0.1) is 13.2 Å². The van der Waals surface area contributed by atoms with E-state index in [0.29, 0.717) is 35.2 Å². The lowest BCUT2D eigenvalue weighted by Crippen LogP contribution is -2.74. The van der Waals surface area contributed by atoms with Crippen LogP contribution in [-0.2, 0) is 13.0 Å². The lowest BCUT2D eigenvalue weighted by Gasteiger charge is -2.42. The highest BCUT2D eigenvalue weighted by molar-refractivity contribution is 7.99. The van der Waals surface area contributed by atoms with Gasteiger partial charge in [-0.15, -0.1) is 0 Å². The highest BCUT2D eigenvalue weighted by atomic mass is 32.2. The van der Waals surface area contributed by atoms with Gasteiger partial charge in [0.15, 0.2) is 0 Å². The maximum atomic E-state index is 14.1. The van der Waals surface area contributed by atoms with Crippen LogP contribution in [0.4, 0.5) is 74.6 Å². The van der Waals surface area contributed by atoms with Crippen LogP contribution >= 0.6 is 11.8 Å². The summed E-state index contributed by atoms with van der Waals surface area (Å²) >= 11 is 0.375. The van der Waals surface area contributed by atoms with Gasteiger partial charge in [0.2, 0.25) is 0 Å². The molecule has 0 aliphatic rings. The molecule has 0 atom stereocenters. The fourth-order valence-corrected chi connectivity index (χ4v) is 5.81. The Balaban J connectivity index is 2.69. The quantitative estimate of drug-likeness (QED) is 0.0746. The largest absolute Gasteiger partial charge is 0.493 e. The number of alkyl halides is 17. The molecule has 306 valence electrons. The molecule has 0 saturated heterocycles. The van der Waals surface area contributed by atoms with Crippen LogP contribution in [0.5, 0.6) is 5.75 Å². The van der Waals surface area contributed by atoms with Crippen molar-refractivity contribution in [3.63, 3.8) is 0 Å². The fraction of sp³-hybridized carbons (Fsp3) is 0.812. The summed E-state index contributed by atoms with van der Waals surface area (Å²) in [5.74, 6) is -57.1. The second kappa shape index (κ2) is 19.1. The van der Waals surface area contributed by atoms with Gasteiger partial charge in [-0.25, -0.2) is 0 Å². The topological polar surface area (TPSA) is 29.5 Å². The minimum absolute atomic E-state index is 0.110. The van der Waals surface area contributed by atoms with Gasteiger partial charge < -0.3 is 9.84 Å². The molecule has 1 aromatic rings. The predicted molar refractivity (Wildman–Crippen MR) is 161 cm³/mol. The summed E-state index contributed by atoms with van der Waals surface area (Å²) in [6, 6.07) is 4.75. The first-order chi connectivity index (χ1) is 23.7. The molecule has 0 saturated carbocycles. The minimum Gasteiger partial charge on any atom is -0.493 e. The highest BCUT2D eigenvalue weighted by Gasteiger charge is 2.95. The molecular formula is C32H41F17O2S. The molecule has 0 amide bonds. The normalized spacial score (nSPS) is 14.3. The van der Waals surface area contributed by atoms with Crippen molar-refractivity contribution in [2.75, 3.05) is 18.1 Å². The van der Waals surface area contributed by atoms with E-state index in [0.717, 1.165) is 25.7 Å². The van der Waals surface area contributed by atoms with Crippen molar-refractivity contribution in [3.8, 4) is 5.75 Å². The SMILES string of the molecule is CCCCCCCCCCCCOc1ccc(CCCSCCC(F)(F)C(F)(F)C(F)(F)C(F)(F)C(F)(F)C(F)(F)C(F)(F)C(F)(F)F)cc1CO. The third kappa shape index (κ3) is 10.9. The van der Waals surface area contributed by atoms with Crippen molar-refractivity contribution < 1.29 is 84.5 Å². The lowest BCUT2D eigenvalue weighted by molar-refractivity contribution is -0.461. The van der Waals surface area contributed by atoms with E-state index in [1.807, 2.05) is 0 Å². The van der Waals surface area contributed by atoms with Gasteiger partial charge in [0, 0.05) is 12.0 Å². The lowest BCUT2D eigenvalue weighted by atomic mass is 9.88. The molecule has 1 N–H and O–H groups in total. The molecule has 0 aliphatic carbocycles. The van der Waals surface area contributed by atoms with Crippen molar-refractivity contribution in [2.45, 2.75) is 145 Å². The molecule has 52 heavy (non-hydrogen) atoms. The van der Waals surface area contributed by atoms with Crippen LogP contribution in [0, 0.1) is 0 Å². The maximum Gasteiger partial charge on any atom is 0.460 e. The highest BCUT2D eigenvalue weighted by Crippen LogP contribution is 2.64. The van der Waals surface area contributed by atoms with E-state index in [1.54, 1.807) is 18.2 Å². The fourth-order valence-electron chi connectivity index (χ4n) is 4.86. The van der Waals surface area contributed by atoms with E-state index in [4.69, 9.17) is 4.74 Å². The average molecular weight is 813 g/mol. The summed E-state index contributed by atoms with van der Waals surface area (Å²) in [6.07, 6.45) is 1.28. The average Bonchev–Trinajstić information content (AvgIpc) is 3.04. The van der Waals surface area contributed by atoms with E-state index in [-0.39, 0.29) is 18.6 Å². The molecule has 0 bridgehead atoms. The van der Waals surface area contributed by atoms with Crippen LogP contribution < -0.4 is 4.74 Å². The molecule has 1 aromatic carbocycles. The van der Waals surface area contributed by atoms with E-state index in [2.05, 4.69) is 6.92 Å². The number of thioether (sulfide) groups is 1. The van der Waals surface area contributed by atoms with Crippen LogP contribution in [0.15, 0.2) is 18.2 Å². The number of unbranched alkanes of at least 4 members (excludes halogenated alkanes) is 9. The first-order valence-corrected chi connectivity index (χ1v) is 17.5. The molecule has 0 fully saturated rings. The summed E-state index contributed by atoms with van der Waals surface area (Å²) in [5.41, 5.74) is 1.02. The zero-order valence-corrected chi connectivity index (χ0v) is 28.8. The van der Waals surface area contributed by atoms with Crippen molar-refractivity contribution in [3.05, 3.63) is 29.3 Å². The molecule has 0 heterocycles. The monoisotopic (exact) mass is 812 g/mol. The van der Waals surface area contributed by atoms with E-state index < -0.39 is 66.4 Å². The molecule has 20 heteroatoms. The Morgan fingerprint density at radius 3 is 1.50 bits per heavy atom. The number of benzene rings is 1. The molecule has 0 unspecified atom stereocenters. The standard InChI is InChI=1S/C32H41F17O2S/c1-2-3-4-5-6-7-8-9-10-11-17-51-24-15-14-22(20-23(24)21-50)13-12-18-52-19-16-25(33,34)26(35,36)27(37,38)28(39,40)29(41,42)30(43,44)31(45,46)32(47,48)49/h14-15,20,50H,2-13,16-19,21H2,1H3. The predicted octanol–water partition coefficient (Wildman–Crippen LogP) is 12.5. The zero-order valence-electron chi connectivity index (χ0n) is 27.9. The van der Waals surface area contributed by atoms with Crippen LogP contribution in [0.2, 0.25) is 0 Å². The van der Waals surface area contributed by atoms with Crippen LogP contribution in [-0.4, -0.2) is 70.9 Å². The molecule has 0 aromatic heterocycles. The Morgan fingerprint density at radius 2 is 1.02 bits per heavy atom. The molecule has 0 aliphatic heterocycles. The number of aliphatic hydroxyl groups is 1.